The van der Waals surface area contributed by atoms with E-state index >= 15 is 0 Å². The number of hydrogen-bond acceptors (Lipinski definition) is 4. The maximum atomic E-state index is 12.1. The van der Waals surface area contributed by atoms with E-state index in [0.717, 1.165) is 6.42 Å². The van der Waals surface area contributed by atoms with Crippen molar-refractivity contribution >= 4 is 17.1 Å². The lowest BCUT2D eigenvalue weighted by Crippen LogP contribution is -2.29. The van der Waals surface area contributed by atoms with Gasteiger partial charge in [0.05, 0.1) is 0 Å². The molecule has 2 rings (SSSR count). The van der Waals surface area contributed by atoms with E-state index < -0.39 is 5.69 Å². The van der Waals surface area contributed by atoms with Gasteiger partial charge in [0, 0.05) is 20.1 Å². The highest BCUT2D eigenvalue weighted by Crippen LogP contribution is 2.17. The molecule has 0 saturated heterocycles. The number of imidazole rings is 1. The van der Waals surface area contributed by atoms with Crippen molar-refractivity contribution in [3.63, 3.8) is 0 Å². The van der Waals surface area contributed by atoms with Crippen molar-refractivity contribution in [2.75, 3.05) is 11.9 Å². The first-order chi connectivity index (χ1) is 9.45. The number of aryl methyl sites for hydroxylation is 2. The molecule has 2 N–H and O–H groups in total. The summed E-state index contributed by atoms with van der Waals surface area (Å²) in [7, 11) is 1.61. The second-order valence-electron chi connectivity index (χ2n) is 5.29. The Hall–Kier alpha value is -2.05. The number of rotatable bonds is 5. The number of nitrogens with one attached hydrogen (secondary N) is 2. The molecule has 0 aliphatic heterocycles. The summed E-state index contributed by atoms with van der Waals surface area (Å²) in [4.78, 5) is 30.4. The standard InChI is InChI=1S/C13H21N5O2/c1-5-14-12-15-10-9(18(12)7-6-8(2)3)11(19)16-13(20)17(10)4/h8H,5-7H2,1-4H3,(H,14,15)(H,16,19,20). The zero-order valence-electron chi connectivity index (χ0n) is 12.4. The van der Waals surface area contributed by atoms with Crippen LogP contribution in [0.1, 0.15) is 27.2 Å². The Bertz CT molecular complexity index is 723. The van der Waals surface area contributed by atoms with Crippen molar-refractivity contribution in [2.24, 2.45) is 13.0 Å². The van der Waals surface area contributed by atoms with Crippen LogP contribution in [0.15, 0.2) is 9.59 Å². The normalized spacial score (nSPS) is 11.4. The largest absolute Gasteiger partial charge is 0.356 e. The molecule has 0 fully saturated rings. The third-order valence-corrected chi connectivity index (χ3v) is 3.27. The molecule has 2 aromatic rings. The molecule has 2 heterocycles. The lowest BCUT2D eigenvalue weighted by molar-refractivity contribution is 0.524. The van der Waals surface area contributed by atoms with Gasteiger partial charge in [0.1, 0.15) is 0 Å². The number of H-pyrrole nitrogens is 1. The molecule has 110 valence electrons. The first-order valence-corrected chi connectivity index (χ1v) is 6.89. The highest BCUT2D eigenvalue weighted by molar-refractivity contribution is 5.74. The number of aromatic amines is 1. The maximum Gasteiger partial charge on any atom is 0.329 e. The number of hydrogen-bond donors (Lipinski definition) is 2. The molecule has 0 saturated carbocycles. The summed E-state index contributed by atoms with van der Waals surface area (Å²) < 4.78 is 3.22. The molecule has 0 bridgehead atoms. The van der Waals surface area contributed by atoms with Gasteiger partial charge in [-0.2, -0.15) is 4.98 Å². The zero-order chi connectivity index (χ0) is 14.9. The van der Waals surface area contributed by atoms with Gasteiger partial charge in [-0.05, 0) is 19.3 Å². The fraction of sp³-hybridized carbons (Fsp3) is 0.615. The maximum absolute atomic E-state index is 12.1. The van der Waals surface area contributed by atoms with Crippen LogP contribution >= 0.6 is 0 Å². The van der Waals surface area contributed by atoms with Crippen LogP contribution in [0.2, 0.25) is 0 Å². The molecule has 0 aliphatic rings. The van der Waals surface area contributed by atoms with Crippen LogP contribution in [0, 0.1) is 5.92 Å². The van der Waals surface area contributed by atoms with E-state index in [9.17, 15) is 9.59 Å². The predicted octanol–water partition coefficient (Wildman–Crippen LogP) is 0.901. The van der Waals surface area contributed by atoms with Gasteiger partial charge in [-0.25, -0.2) is 4.79 Å². The van der Waals surface area contributed by atoms with E-state index in [1.807, 2.05) is 11.5 Å². The summed E-state index contributed by atoms with van der Waals surface area (Å²) in [6.07, 6.45) is 0.937. The van der Waals surface area contributed by atoms with Gasteiger partial charge in [0.15, 0.2) is 11.2 Å². The van der Waals surface area contributed by atoms with Crippen molar-refractivity contribution in [1.29, 1.82) is 0 Å². The Morgan fingerprint density at radius 2 is 2.05 bits per heavy atom. The van der Waals surface area contributed by atoms with E-state index in [4.69, 9.17) is 0 Å². The molecular formula is C13H21N5O2. The zero-order valence-corrected chi connectivity index (χ0v) is 12.4. The quantitative estimate of drug-likeness (QED) is 0.851. The second-order valence-corrected chi connectivity index (χ2v) is 5.29. The van der Waals surface area contributed by atoms with Gasteiger partial charge < -0.3 is 9.88 Å². The van der Waals surface area contributed by atoms with Gasteiger partial charge >= 0.3 is 5.69 Å². The van der Waals surface area contributed by atoms with Crippen LogP contribution in [0.5, 0.6) is 0 Å². The third-order valence-electron chi connectivity index (χ3n) is 3.27. The van der Waals surface area contributed by atoms with E-state index in [0.29, 0.717) is 36.1 Å². The first-order valence-electron chi connectivity index (χ1n) is 6.89. The molecule has 0 amide bonds. The van der Waals surface area contributed by atoms with Gasteiger partial charge in [-0.1, -0.05) is 13.8 Å². The molecule has 7 heteroatoms. The molecule has 0 unspecified atom stereocenters. The van der Waals surface area contributed by atoms with Gasteiger partial charge in [-0.3, -0.25) is 14.3 Å². The van der Waals surface area contributed by atoms with Gasteiger partial charge in [-0.15, -0.1) is 0 Å². The Morgan fingerprint density at radius 3 is 2.65 bits per heavy atom. The van der Waals surface area contributed by atoms with Crippen molar-refractivity contribution < 1.29 is 0 Å². The summed E-state index contributed by atoms with van der Waals surface area (Å²) in [5.74, 6) is 1.16. The van der Waals surface area contributed by atoms with E-state index in [1.54, 1.807) is 7.05 Å². The Morgan fingerprint density at radius 1 is 1.35 bits per heavy atom. The third kappa shape index (κ3) is 2.48. The average molecular weight is 279 g/mol. The summed E-state index contributed by atoms with van der Waals surface area (Å²) in [5.41, 5.74) is 0.0322. The number of anilines is 1. The molecule has 7 nitrogen and oxygen atoms in total. The Balaban J connectivity index is 2.68. The van der Waals surface area contributed by atoms with Crippen LogP contribution in [0.3, 0.4) is 0 Å². The van der Waals surface area contributed by atoms with E-state index in [2.05, 4.69) is 29.1 Å². The minimum atomic E-state index is -0.445. The second kappa shape index (κ2) is 5.52. The van der Waals surface area contributed by atoms with Crippen molar-refractivity contribution in [3.05, 3.63) is 20.8 Å². The van der Waals surface area contributed by atoms with Crippen LogP contribution < -0.4 is 16.6 Å². The summed E-state index contributed by atoms with van der Waals surface area (Å²) in [6.45, 7) is 7.63. The van der Waals surface area contributed by atoms with Gasteiger partial charge in [0.25, 0.3) is 5.56 Å². The smallest absolute Gasteiger partial charge is 0.329 e. The number of nitrogens with zero attached hydrogens (tertiary/aromatic N) is 3. The van der Waals surface area contributed by atoms with Crippen molar-refractivity contribution in [1.82, 2.24) is 19.1 Å². The topological polar surface area (TPSA) is 84.7 Å². The molecular weight excluding hydrogens is 258 g/mol. The summed E-state index contributed by atoms with van der Waals surface area (Å²) >= 11 is 0. The monoisotopic (exact) mass is 279 g/mol. The van der Waals surface area contributed by atoms with Crippen LogP contribution in [0.25, 0.3) is 11.2 Å². The minimum absolute atomic E-state index is 0.386. The first kappa shape index (κ1) is 14.4. The molecule has 0 radical (unpaired) electrons. The SMILES string of the molecule is CCNc1nc2c(c(=O)[nH]c(=O)n2C)n1CCC(C)C. The lowest BCUT2D eigenvalue weighted by Gasteiger charge is -2.10. The minimum Gasteiger partial charge on any atom is -0.356 e. The summed E-state index contributed by atoms with van der Waals surface area (Å²) in [5, 5.41) is 3.15. The highest BCUT2D eigenvalue weighted by Gasteiger charge is 2.16. The molecule has 0 atom stereocenters. The van der Waals surface area contributed by atoms with Crippen molar-refractivity contribution in [2.45, 2.75) is 33.7 Å². The number of fused-ring (bicyclic) bond motifs is 1. The molecule has 0 spiro atoms. The number of aromatic nitrogens is 4. The highest BCUT2D eigenvalue weighted by atomic mass is 16.2. The molecule has 2 aromatic heterocycles. The summed E-state index contributed by atoms with van der Waals surface area (Å²) in [6, 6.07) is 0. The van der Waals surface area contributed by atoms with E-state index in [-0.39, 0.29) is 5.56 Å². The fourth-order valence-corrected chi connectivity index (χ4v) is 2.13. The molecule has 0 aliphatic carbocycles. The predicted molar refractivity (Wildman–Crippen MR) is 79.2 cm³/mol. The van der Waals surface area contributed by atoms with Gasteiger partial charge in [0.2, 0.25) is 5.95 Å². The van der Waals surface area contributed by atoms with E-state index in [1.165, 1.54) is 4.57 Å². The molecule has 20 heavy (non-hydrogen) atoms. The van der Waals surface area contributed by atoms with Crippen molar-refractivity contribution in [3.8, 4) is 0 Å². The fourth-order valence-electron chi connectivity index (χ4n) is 2.13. The molecule has 0 aromatic carbocycles. The van der Waals surface area contributed by atoms with Crippen LogP contribution in [-0.2, 0) is 13.6 Å². The van der Waals surface area contributed by atoms with Crippen LogP contribution in [-0.4, -0.2) is 25.6 Å². The lowest BCUT2D eigenvalue weighted by atomic mass is 10.1. The Labute approximate surface area is 116 Å². The average Bonchev–Trinajstić information content (AvgIpc) is 2.73. The van der Waals surface area contributed by atoms with Crippen LogP contribution in [0.4, 0.5) is 5.95 Å². The Kier molecular flexibility index (Phi) is 3.96.